The van der Waals surface area contributed by atoms with Crippen LogP contribution < -0.4 is 10.7 Å². The number of nitrogen functional groups attached to an aromatic ring is 1. The van der Waals surface area contributed by atoms with Gasteiger partial charge in [0.2, 0.25) is 0 Å². The molecule has 0 radical (unpaired) electrons. The van der Waals surface area contributed by atoms with Gasteiger partial charge in [0.1, 0.15) is 5.82 Å². The number of aromatic nitrogens is 2. The second-order valence-electron chi connectivity index (χ2n) is 5.43. The third-order valence-electron chi connectivity index (χ3n) is 3.90. The number of carbonyl (C=O) groups excluding carboxylic acids is 1. The van der Waals surface area contributed by atoms with Crippen LogP contribution >= 0.6 is 0 Å². The van der Waals surface area contributed by atoms with Gasteiger partial charge in [-0.2, -0.15) is 0 Å². The summed E-state index contributed by atoms with van der Waals surface area (Å²) < 4.78 is 6.88. The van der Waals surface area contributed by atoms with E-state index >= 15 is 0 Å². The Morgan fingerprint density at radius 2 is 2.00 bits per heavy atom. The molecule has 2 unspecified atom stereocenters. The van der Waals surface area contributed by atoms with Crippen LogP contribution in [0.25, 0.3) is 0 Å². The van der Waals surface area contributed by atoms with E-state index in [1.807, 2.05) is 11.6 Å². The van der Waals surface area contributed by atoms with Gasteiger partial charge in [-0.25, -0.2) is 14.5 Å². The van der Waals surface area contributed by atoms with Crippen molar-refractivity contribution in [1.29, 1.82) is 0 Å². The highest BCUT2D eigenvalue weighted by Gasteiger charge is 2.30. The van der Waals surface area contributed by atoms with Crippen molar-refractivity contribution in [3.05, 3.63) is 11.5 Å². The van der Waals surface area contributed by atoms with E-state index in [4.69, 9.17) is 10.5 Å². The SMILES string of the molecule is CCOC(=O)c1nc(C)n(N2C(C)CCCC2C)c1N. The molecular weight excluding hydrogens is 256 g/mol. The number of anilines is 1. The summed E-state index contributed by atoms with van der Waals surface area (Å²) in [6.45, 7) is 8.32. The van der Waals surface area contributed by atoms with Gasteiger partial charge in [-0.3, -0.25) is 0 Å². The zero-order valence-corrected chi connectivity index (χ0v) is 12.7. The summed E-state index contributed by atoms with van der Waals surface area (Å²) in [5.74, 6) is 0.650. The van der Waals surface area contributed by atoms with Gasteiger partial charge in [-0.15, -0.1) is 0 Å². The van der Waals surface area contributed by atoms with E-state index in [0.717, 1.165) is 18.7 Å². The highest BCUT2D eigenvalue weighted by molar-refractivity contribution is 5.92. The average Bonchev–Trinajstić information content (AvgIpc) is 2.67. The minimum Gasteiger partial charge on any atom is -0.461 e. The largest absolute Gasteiger partial charge is 0.461 e. The number of nitrogens with two attached hydrogens (primary N) is 1. The van der Waals surface area contributed by atoms with Crippen LogP contribution in [0.4, 0.5) is 5.82 Å². The summed E-state index contributed by atoms with van der Waals surface area (Å²) >= 11 is 0. The van der Waals surface area contributed by atoms with Gasteiger partial charge in [0, 0.05) is 12.1 Å². The normalized spacial score (nSPS) is 22.9. The summed E-state index contributed by atoms with van der Waals surface area (Å²) in [5.41, 5.74) is 6.37. The molecule has 1 aromatic rings. The molecule has 2 heterocycles. The van der Waals surface area contributed by atoms with Gasteiger partial charge in [0.05, 0.1) is 6.61 Å². The summed E-state index contributed by atoms with van der Waals surface area (Å²) in [6, 6.07) is 0.757. The van der Waals surface area contributed by atoms with Crippen LogP contribution in [0, 0.1) is 6.92 Å². The maximum absolute atomic E-state index is 11.9. The topological polar surface area (TPSA) is 73.4 Å². The van der Waals surface area contributed by atoms with Gasteiger partial charge >= 0.3 is 5.97 Å². The molecule has 1 aromatic heterocycles. The molecule has 6 nitrogen and oxygen atoms in total. The molecule has 6 heteroatoms. The van der Waals surface area contributed by atoms with E-state index in [9.17, 15) is 4.79 Å². The molecule has 2 N–H and O–H groups in total. The molecule has 0 bridgehead atoms. The van der Waals surface area contributed by atoms with Gasteiger partial charge in [-0.1, -0.05) is 0 Å². The molecule has 1 saturated heterocycles. The van der Waals surface area contributed by atoms with E-state index in [1.165, 1.54) is 6.42 Å². The first kappa shape index (κ1) is 14.7. The van der Waals surface area contributed by atoms with Crippen molar-refractivity contribution in [3.63, 3.8) is 0 Å². The van der Waals surface area contributed by atoms with Crippen molar-refractivity contribution in [3.8, 4) is 0 Å². The Balaban J connectivity index is 2.39. The maximum atomic E-state index is 11.9. The number of hydrogen-bond donors (Lipinski definition) is 1. The lowest BCUT2D eigenvalue weighted by Gasteiger charge is -2.42. The van der Waals surface area contributed by atoms with E-state index in [1.54, 1.807) is 6.92 Å². The van der Waals surface area contributed by atoms with Crippen molar-refractivity contribution in [2.24, 2.45) is 0 Å². The molecule has 0 aromatic carbocycles. The molecular formula is C14H24N4O2. The lowest BCUT2D eigenvalue weighted by atomic mass is 10.00. The Morgan fingerprint density at radius 1 is 1.40 bits per heavy atom. The zero-order chi connectivity index (χ0) is 14.9. The van der Waals surface area contributed by atoms with Gasteiger partial charge in [0.15, 0.2) is 11.5 Å². The molecule has 0 spiro atoms. The molecule has 1 fully saturated rings. The molecule has 2 rings (SSSR count). The number of carbonyl (C=O) groups is 1. The number of rotatable bonds is 3. The number of imidazole rings is 1. The van der Waals surface area contributed by atoms with Gasteiger partial charge < -0.3 is 15.5 Å². The fraction of sp³-hybridized carbons (Fsp3) is 0.714. The summed E-state index contributed by atoms with van der Waals surface area (Å²) in [6.07, 6.45) is 3.46. The number of ether oxygens (including phenoxy) is 1. The lowest BCUT2D eigenvalue weighted by Crippen LogP contribution is -2.51. The Hall–Kier alpha value is -1.72. The lowest BCUT2D eigenvalue weighted by molar-refractivity contribution is 0.0521. The average molecular weight is 280 g/mol. The predicted molar refractivity (Wildman–Crippen MR) is 78.3 cm³/mol. The third-order valence-corrected chi connectivity index (χ3v) is 3.90. The van der Waals surface area contributed by atoms with Crippen LogP contribution in [0.5, 0.6) is 0 Å². The van der Waals surface area contributed by atoms with Gasteiger partial charge in [0.25, 0.3) is 0 Å². The van der Waals surface area contributed by atoms with Crippen LogP contribution in [-0.2, 0) is 4.74 Å². The molecule has 112 valence electrons. The van der Waals surface area contributed by atoms with Crippen molar-refractivity contribution >= 4 is 11.8 Å². The van der Waals surface area contributed by atoms with Crippen molar-refractivity contribution < 1.29 is 9.53 Å². The number of nitrogens with zero attached hydrogens (tertiary/aromatic N) is 3. The number of esters is 1. The number of hydrogen-bond acceptors (Lipinski definition) is 5. The summed E-state index contributed by atoms with van der Waals surface area (Å²) in [7, 11) is 0. The molecule has 0 aliphatic carbocycles. The first-order valence-electron chi connectivity index (χ1n) is 7.27. The van der Waals surface area contributed by atoms with E-state index in [2.05, 4.69) is 23.8 Å². The maximum Gasteiger partial charge on any atom is 0.360 e. The summed E-state index contributed by atoms with van der Waals surface area (Å²) in [5, 5.41) is 2.23. The molecule has 1 aliphatic heterocycles. The minimum absolute atomic E-state index is 0.217. The second kappa shape index (κ2) is 5.73. The minimum atomic E-state index is -0.454. The van der Waals surface area contributed by atoms with Crippen LogP contribution in [-0.4, -0.2) is 34.3 Å². The first-order valence-corrected chi connectivity index (χ1v) is 7.27. The van der Waals surface area contributed by atoms with Crippen LogP contribution in [0.2, 0.25) is 0 Å². The Bertz CT molecular complexity index is 488. The van der Waals surface area contributed by atoms with Gasteiger partial charge in [-0.05, 0) is 47.0 Å². The van der Waals surface area contributed by atoms with E-state index in [0.29, 0.717) is 24.5 Å². The van der Waals surface area contributed by atoms with Crippen molar-refractivity contribution in [1.82, 2.24) is 9.66 Å². The van der Waals surface area contributed by atoms with Crippen molar-refractivity contribution in [2.45, 2.75) is 59.0 Å². The highest BCUT2D eigenvalue weighted by atomic mass is 16.5. The van der Waals surface area contributed by atoms with Crippen LogP contribution in [0.15, 0.2) is 0 Å². The highest BCUT2D eigenvalue weighted by Crippen LogP contribution is 2.25. The first-order chi connectivity index (χ1) is 9.47. The van der Waals surface area contributed by atoms with Crippen LogP contribution in [0.3, 0.4) is 0 Å². The fourth-order valence-electron chi connectivity index (χ4n) is 2.98. The van der Waals surface area contributed by atoms with Crippen LogP contribution in [0.1, 0.15) is 56.3 Å². The fourth-order valence-corrected chi connectivity index (χ4v) is 2.98. The number of aryl methyl sites for hydroxylation is 1. The molecule has 0 amide bonds. The predicted octanol–water partition coefficient (Wildman–Crippen LogP) is 1.85. The van der Waals surface area contributed by atoms with Crippen molar-refractivity contribution in [2.75, 3.05) is 17.3 Å². The monoisotopic (exact) mass is 280 g/mol. The zero-order valence-electron chi connectivity index (χ0n) is 12.7. The molecule has 1 aliphatic rings. The quantitative estimate of drug-likeness (QED) is 0.855. The Kier molecular flexibility index (Phi) is 4.20. The second-order valence-corrected chi connectivity index (χ2v) is 5.43. The molecule has 2 atom stereocenters. The van der Waals surface area contributed by atoms with E-state index in [-0.39, 0.29) is 5.69 Å². The molecule has 0 saturated carbocycles. The number of piperidine rings is 1. The molecule has 20 heavy (non-hydrogen) atoms. The third kappa shape index (κ3) is 2.46. The summed E-state index contributed by atoms with van der Waals surface area (Å²) in [4.78, 5) is 16.2. The smallest absolute Gasteiger partial charge is 0.360 e. The van der Waals surface area contributed by atoms with E-state index < -0.39 is 5.97 Å². The standard InChI is InChI=1S/C14H24N4O2/c1-5-20-14(19)12-13(15)18(11(4)16-12)17-9(2)7-6-8-10(17)3/h9-10H,5-8,15H2,1-4H3. The Morgan fingerprint density at radius 3 is 2.55 bits per heavy atom. The Labute approximate surface area is 119 Å².